The van der Waals surface area contributed by atoms with Gasteiger partial charge in [-0.1, -0.05) is 37.7 Å². The molecule has 2 heterocycles. The summed E-state index contributed by atoms with van der Waals surface area (Å²) in [6, 6.07) is 7.65. The van der Waals surface area contributed by atoms with Crippen LogP contribution in [-0.2, 0) is 14.6 Å². The summed E-state index contributed by atoms with van der Waals surface area (Å²) < 4.78 is 24.7. The molecule has 0 aliphatic carbocycles. The highest BCUT2D eigenvalue weighted by Gasteiger charge is 2.30. The molecule has 0 radical (unpaired) electrons. The number of hydrogen-bond donors (Lipinski definition) is 1. The fourth-order valence-corrected chi connectivity index (χ4v) is 5.34. The summed E-state index contributed by atoms with van der Waals surface area (Å²) in [7, 11) is -3.03. The van der Waals surface area contributed by atoms with Gasteiger partial charge in [0, 0.05) is 6.04 Å². The van der Waals surface area contributed by atoms with Crippen molar-refractivity contribution >= 4 is 27.5 Å². The molecule has 8 nitrogen and oxygen atoms in total. The van der Waals surface area contributed by atoms with Gasteiger partial charge in [0.2, 0.25) is 11.1 Å². The zero-order chi connectivity index (χ0) is 19.6. The third kappa shape index (κ3) is 4.86. The first-order chi connectivity index (χ1) is 12.7. The third-order valence-corrected chi connectivity index (χ3v) is 7.28. The second-order valence-corrected chi connectivity index (χ2v) is 10.5. The Kier molecular flexibility index (Phi) is 5.85. The lowest BCUT2D eigenvalue weighted by molar-refractivity contribution is -0.120. The van der Waals surface area contributed by atoms with Crippen molar-refractivity contribution in [3.63, 3.8) is 0 Å². The normalized spacial score (nSPS) is 19.9. The van der Waals surface area contributed by atoms with Gasteiger partial charge in [-0.05, 0) is 47.4 Å². The van der Waals surface area contributed by atoms with Crippen LogP contribution in [0.4, 0.5) is 0 Å². The zero-order valence-corrected chi connectivity index (χ0v) is 17.1. The van der Waals surface area contributed by atoms with E-state index in [0.29, 0.717) is 17.5 Å². The molecule has 146 valence electrons. The summed E-state index contributed by atoms with van der Waals surface area (Å²) in [5.74, 6) is 0.358. The molecule has 0 saturated carbocycles. The number of benzene rings is 1. The van der Waals surface area contributed by atoms with E-state index in [1.807, 2.05) is 24.3 Å². The number of carbonyl (C=O) groups is 1. The zero-order valence-electron chi connectivity index (χ0n) is 15.5. The summed E-state index contributed by atoms with van der Waals surface area (Å²) >= 11 is 1.24. The van der Waals surface area contributed by atoms with Crippen LogP contribution in [-0.4, -0.2) is 57.3 Å². The number of carbonyl (C=O) groups excluding carboxylic acids is 1. The maximum atomic E-state index is 12.4. The predicted octanol–water partition coefficient (Wildman–Crippen LogP) is 1.57. The lowest BCUT2D eigenvalue weighted by Gasteiger charge is -2.15. The van der Waals surface area contributed by atoms with Crippen molar-refractivity contribution in [1.82, 2.24) is 25.5 Å². The number of amides is 1. The van der Waals surface area contributed by atoms with E-state index in [1.165, 1.54) is 17.3 Å². The summed E-state index contributed by atoms with van der Waals surface area (Å²) in [6.45, 7) is 6.01. The number of thioether (sulfide) groups is 1. The Morgan fingerprint density at radius 2 is 1.96 bits per heavy atom. The Bertz CT molecular complexity index is 909. The summed E-state index contributed by atoms with van der Waals surface area (Å²) in [4.78, 5) is 12.4. The largest absolute Gasteiger partial charge is 0.351 e. The minimum absolute atomic E-state index is 0.00998. The summed E-state index contributed by atoms with van der Waals surface area (Å²) in [5, 5.41) is 14.6. The number of nitrogens with zero attached hydrogens (tertiary/aromatic N) is 4. The van der Waals surface area contributed by atoms with Crippen molar-refractivity contribution in [2.75, 3.05) is 11.5 Å². The average molecular weight is 410 g/mol. The van der Waals surface area contributed by atoms with Crippen LogP contribution in [0.1, 0.15) is 38.7 Å². The standard InChI is InChI=1S/C17H23N5O3S2/c1-11(2)13-4-6-15(7-5-13)22-17(19-20-21-22)26-12(3)16(23)18-14-8-9-27(24,25)10-14/h4-7,11-12,14H,8-10H2,1-3H3,(H,18,23)/t12-,14-/m0/s1. The summed E-state index contributed by atoms with van der Waals surface area (Å²) in [6.07, 6.45) is 0.464. The summed E-state index contributed by atoms with van der Waals surface area (Å²) in [5.41, 5.74) is 2.04. The van der Waals surface area contributed by atoms with Crippen molar-refractivity contribution in [3.05, 3.63) is 29.8 Å². The molecule has 1 aliphatic rings. The van der Waals surface area contributed by atoms with Gasteiger partial charge in [-0.15, -0.1) is 5.10 Å². The van der Waals surface area contributed by atoms with Crippen LogP contribution >= 0.6 is 11.8 Å². The molecule has 1 amide bonds. The van der Waals surface area contributed by atoms with E-state index in [-0.39, 0.29) is 23.5 Å². The second-order valence-electron chi connectivity index (χ2n) is 6.99. The molecular formula is C17H23N5O3S2. The number of nitrogens with one attached hydrogen (secondary N) is 1. The molecule has 1 saturated heterocycles. The van der Waals surface area contributed by atoms with Gasteiger partial charge < -0.3 is 5.32 Å². The van der Waals surface area contributed by atoms with E-state index in [2.05, 4.69) is 34.7 Å². The van der Waals surface area contributed by atoms with Crippen LogP contribution in [0.5, 0.6) is 0 Å². The Morgan fingerprint density at radius 1 is 1.26 bits per heavy atom. The lowest BCUT2D eigenvalue weighted by atomic mass is 10.0. The Balaban J connectivity index is 1.66. The highest BCUT2D eigenvalue weighted by atomic mass is 32.2. The first kappa shape index (κ1) is 19.8. The van der Waals surface area contributed by atoms with Crippen molar-refractivity contribution in [1.29, 1.82) is 0 Å². The molecule has 27 heavy (non-hydrogen) atoms. The number of hydrogen-bond acceptors (Lipinski definition) is 7. The van der Waals surface area contributed by atoms with Crippen LogP contribution < -0.4 is 5.32 Å². The smallest absolute Gasteiger partial charge is 0.233 e. The Morgan fingerprint density at radius 3 is 2.56 bits per heavy atom. The number of aromatic nitrogens is 4. The monoisotopic (exact) mass is 409 g/mol. The number of tetrazole rings is 1. The third-order valence-electron chi connectivity index (χ3n) is 4.48. The Hall–Kier alpha value is -1.94. The van der Waals surface area contributed by atoms with E-state index in [1.54, 1.807) is 11.6 Å². The average Bonchev–Trinajstić information content (AvgIpc) is 3.20. The quantitative estimate of drug-likeness (QED) is 0.722. The van der Waals surface area contributed by atoms with Gasteiger partial charge in [0.1, 0.15) is 0 Å². The van der Waals surface area contributed by atoms with E-state index in [9.17, 15) is 13.2 Å². The van der Waals surface area contributed by atoms with Crippen molar-refractivity contribution in [2.45, 2.75) is 49.6 Å². The van der Waals surface area contributed by atoms with Crippen LogP contribution in [0.3, 0.4) is 0 Å². The first-order valence-electron chi connectivity index (χ1n) is 8.81. The molecular weight excluding hydrogens is 386 g/mol. The first-order valence-corrected chi connectivity index (χ1v) is 11.5. The molecule has 1 aromatic carbocycles. The molecule has 3 rings (SSSR count). The highest BCUT2D eigenvalue weighted by Crippen LogP contribution is 2.24. The number of sulfone groups is 1. The molecule has 1 fully saturated rings. The molecule has 1 N–H and O–H groups in total. The van der Waals surface area contributed by atoms with Crippen molar-refractivity contribution in [2.24, 2.45) is 0 Å². The van der Waals surface area contributed by atoms with Gasteiger partial charge in [0.25, 0.3) is 0 Å². The molecule has 0 bridgehead atoms. The minimum Gasteiger partial charge on any atom is -0.351 e. The highest BCUT2D eigenvalue weighted by molar-refractivity contribution is 8.00. The van der Waals surface area contributed by atoms with Crippen molar-refractivity contribution in [3.8, 4) is 5.69 Å². The Labute approximate surface area is 163 Å². The van der Waals surface area contributed by atoms with Gasteiger partial charge in [0.05, 0.1) is 22.4 Å². The lowest BCUT2D eigenvalue weighted by Crippen LogP contribution is -2.40. The minimum atomic E-state index is -3.03. The fourth-order valence-electron chi connectivity index (χ4n) is 2.85. The van der Waals surface area contributed by atoms with E-state index >= 15 is 0 Å². The maximum Gasteiger partial charge on any atom is 0.233 e. The van der Waals surface area contributed by atoms with Gasteiger partial charge >= 0.3 is 0 Å². The molecule has 10 heteroatoms. The van der Waals surface area contributed by atoms with E-state index in [4.69, 9.17) is 0 Å². The van der Waals surface area contributed by atoms with Gasteiger partial charge in [-0.3, -0.25) is 4.79 Å². The van der Waals surface area contributed by atoms with Crippen molar-refractivity contribution < 1.29 is 13.2 Å². The topological polar surface area (TPSA) is 107 Å². The van der Waals surface area contributed by atoms with Crippen LogP contribution in [0.2, 0.25) is 0 Å². The molecule has 1 aliphatic heterocycles. The molecule has 0 spiro atoms. The number of rotatable bonds is 6. The van der Waals surface area contributed by atoms with Crippen LogP contribution in [0.15, 0.2) is 29.4 Å². The predicted molar refractivity (Wildman–Crippen MR) is 104 cm³/mol. The van der Waals surface area contributed by atoms with E-state index in [0.717, 1.165) is 5.69 Å². The maximum absolute atomic E-state index is 12.4. The molecule has 2 aromatic rings. The SMILES string of the molecule is CC(C)c1ccc(-n2nnnc2S[C@@H](C)C(=O)N[C@H]2CCS(=O)(=O)C2)cc1. The van der Waals surface area contributed by atoms with Crippen LogP contribution in [0.25, 0.3) is 5.69 Å². The van der Waals surface area contributed by atoms with Gasteiger partial charge in [-0.2, -0.15) is 4.68 Å². The van der Waals surface area contributed by atoms with Crippen LogP contribution in [0, 0.1) is 0 Å². The second kappa shape index (κ2) is 7.97. The molecule has 1 aromatic heterocycles. The fraction of sp³-hybridized carbons (Fsp3) is 0.529. The van der Waals surface area contributed by atoms with Gasteiger partial charge in [0.15, 0.2) is 9.84 Å². The van der Waals surface area contributed by atoms with Gasteiger partial charge in [-0.25, -0.2) is 8.42 Å². The molecule has 0 unspecified atom stereocenters. The molecule has 2 atom stereocenters. The van der Waals surface area contributed by atoms with E-state index < -0.39 is 15.1 Å².